The quantitative estimate of drug-likeness (QED) is 0.427. The number of nitrogens with one attached hydrogen (secondary N) is 1. The number of fused-ring (bicyclic) bond motifs is 1. The Labute approximate surface area is 142 Å². The zero-order valence-corrected chi connectivity index (χ0v) is 14.0. The van der Waals surface area contributed by atoms with Crippen LogP contribution in [0.15, 0.2) is 23.4 Å². The molecule has 0 fully saturated rings. The van der Waals surface area contributed by atoms with E-state index in [9.17, 15) is 0 Å². The molecule has 8 heteroatoms. The summed E-state index contributed by atoms with van der Waals surface area (Å²) in [6.45, 7) is 3.95. The third-order valence-corrected chi connectivity index (χ3v) is 4.52. The Morgan fingerprint density at radius 3 is 2.83 bits per heavy atom. The second-order valence-electron chi connectivity index (χ2n) is 5.09. The number of rotatable bonds is 3. The number of thioether (sulfide) groups is 1. The average Bonchev–Trinajstić information content (AvgIpc) is 2.87. The molecule has 1 unspecified atom stereocenters. The monoisotopic (exact) mass is 344 g/mol. The van der Waals surface area contributed by atoms with Gasteiger partial charge < -0.3 is 10.7 Å². The van der Waals surface area contributed by atoms with Crippen LogP contribution in [0.25, 0.3) is 10.9 Å². The zero-order valence-electron chi connectivity index (χ0n) is 12.5. The molecule has 0 saturated carbocycles. The van der Waals surface area contributed by atoms with Crippen LogP contribution in [0, 0.1) is 18.3 Å². The summed E-state index contributed by atoms with van der Waals surface area (Å²) in [7, 11) is 0. The summed E-state index contributed by atoms with van der Waals surface area (Å²) < 4.78 is 0. The Kier molecular flexibility index (Phi) is 4.11. The lowest BCUT2D eigenvalue weighted by Crippen LogP contribution is -2.00. The first-order valence-corrected chi connectivity index (χ1v) is 8.09. The Hall–Kier alpha value is -2.30. The molecule has 6 nitrogen and oxygen atoms in total. The van der Waals surface area contributed by atoms with Crippen LogP contribution < -0.4 is 5.73 Å². The Morgan fingerprint density at radius 2 is 2.09 bits per heavy atom. The molecule has 0 aliphatic heterocycles. The van der Waals surface area contributed by atoms with Gasteiger partial charge in [-0.25, -0.2) is 15.0 Å². The number of nitriles is 1. The topological polar surface area (TPSA) is 104 Å². The van der Waals surface area contributed by atoms with Crippen LogP contribution in [0.1, 0.15) is 29.3 Å². The minimum atomic E-state index is -0.0413. The van der Waals surface area contributed by atoms with Gasteiger partial charge >= 0.3 is 0 Å². The summed E-state index contributed by atoms with van der Waals surface area (Å²) >= 11 is 7.63. The minimum absolute atomic E-state index is 0.0413. The first-order valence-electron chi connectivity index (χ1n) is 6.83. The van der Waals surface area contributed by atoms with Gasteiger partial charge in [0.2, 0.25) is 0 Å². The van der Waals surface area contributed by atoms with Gasteiger partial charge in [0.25, 0.3) is 0 Å². The van der Waals surface area contributed by atoms with E-state index in [-0.39, 0.29) is 16.8 Å². The lowest BCUT2D eigenvalue weighted by Gasteiger charge is -2.11. The van der Waals surface area contributed by atoms with Crippen LogP contribution in [0.4, 0.5) is 5.82 Å². The number of nitrogens with two attached hydrogens (primary N) is 1. The molecule has 116 valence electrons. The predicted octanol–water partition coefficient (Wildman–Crippen LogP) is 3.62. The van der Waals surface area contributed by atoms with E-state index in [1.165, 1.54) is 17.8 Å². The highest BCUT2D eigenvalue weighted by molar-refractivity contribution is 7.99. The number of anilines is 1. The van der Waals surface area contributed by atoms with Crippen molar-refractivity contribution in [1.29, 1.82) is 5.26 Å². The van der Waals surface area contributed by atoms with Crippen LogP contribution in [0.3, 0.4) is 0 Å². The van der Waals surface area contributed by atoms with Gasteiger partial charge in [-0.1, -0.05) is 23.4 Å². The normalized spacial score (nSPS) is 12.3. The molecule has 0 aromatic carbocycles. The van der Waals surface area contributed by atoms with Gasteiger partial charge in [0.05, 0.1) is 16.5 Å². The van der Waals surface area contributed by atoms with E-state index in [0.29, 0.717) is 10.3 Å². The number of nitrogens with zero attached hydrogens (tertiary/aromatic N) is 4. The molecule has 3 rings (SSSR count). The van der Waals surface area contributed by atoms with Crippen molar-refractivity contribution in [2.45, 2.75) is 24.3 Å². The molecule has 0 amide bonds. The number of hydrogen-bond donors (Lipinski definition) is 2. The predicted molar refractivity (Wildman–Crippen MR) is 91.3 cm³/mol. The van der Waals surface area contributed by atoms with Gasteiger partial charge in [-0.2, -0.15) is 5.26 Å². The molecule has 3 aromatic rings. The molecular weight excluding hydrogens is 332 g/mol. The van der Waals surface area contributed by atoms with Gasteiger partial charge in [-0.3, -0.25) is 0 Å². The number of aryl methyl sites for hydroxylation is 1. The first-order chi connectivity index (χ1) is 11.0. The molecule has 0 radical (unpaired) electrons. The molecule has 0 bridgehead atoms. The van der Waals surface area contributed by atoms with Gasteiger partial charge in [0.15, 0.2) is 10.3 Å². The van der Waals surface area contributed by atoms with Crippen LogP contribution in [-0.2, 0) is 0 Å². The second kappa shape index (κ2) is 6.07. The van der Waals surface area contributed by atoms with Crippen LogP contribution in [-0.4, -0.2) is 19.9 Å². The average molecular weight is 345 g/mol. The van der Waals surface area contributed by atoms with Crippen LogP contribution in [0.5, 0.6) is 0 Å². The number of aromatic nitrogens is 4. The molecule has 1 atom stereocenters. The molecule has 3 heterocycles. The molecule has 23 heavy (non-hydrogen) atoms. The standard InChI is InChI=1S/C15H13ClN6S/c1-7-3-9-4-11(21-14(16)13(9)19-7)8(2)23-15-20-10(6-17)5-12(18)22-15/h3-5,8,19H,1-2H3,(H2,18,20,22). The molecule has 0 aliphatic rings. The van der Waals surface area contributed by atoms with E-state index >= 15 is 0 Å². The van der Waals surface area contributed by atoms with Crippen molar-refractivity contribution in [3.63, 3.8) is 0 Å². The molecule has 0 saturated heterocycles. The van der Waals surface area contributed by atoms with E-state index in [0.717, 1.165) is 22.3 Å². The summed E-state index contributed by atoms with van der Waals surface area (Å²) in [5.74, 6) is 0.272. The highest BCUT2D eigenvalue weighted by atomic mass is 35.5. The van der Waals surface area contributed by atoms with Gasteiger partial charge in [0, 0.05) is 17.1 Å². The number of hydrogen-bond acceptors (Lipinski definition) is 6. The number of pyridine rings is 1. The highest BCUT2D eigenvalue weighted by Crippen LogP contribution is 2.35. The number of aromatic amines is 1. The third-order valence-electron chi connectivity index (χ3n) is 3.26. The Bertz CT molecular complexity index is 930. The van der Waals surface area contributed by atoms with Gasteiger partial charge in [-0.15, -0.1) is 0 Å². The summed E-state index contributed by atoms with van der Waals surface area (Å²) in [5.41, 5.74) is 8.61. The maximum atomic E-state index is 8.96. The maximum Gasteiger partial charge on any atom is 0.191 e. The van der Waals surface area contributed by atoms with E-state index in [2.05, 4.69) is 19.9 Å². The Balaban J connectivity index is 1.93. The van der Waals surface area contributed by atoms with Gasteiger partial charge in [0.1, 0.15) is 17.6 Å². The second-order valence-corrected chi connectivity index (χ2v) is 6.75. The Morgan fingerprint density at radius 1 is 1.30 bits per heavy atom. The molecule has 0 aliphatic carbocycles. The maximum absolute atomic E-state index is 8.96. The number of nitrogen functional groups attached to an aromatic ring is 1. The van der Waals surface area contributed by atoms with E-state index in [1.807, 2.05) is 32.0 Å². The fraction of sp³-hybridized carbons (Fsp3) is 0.200. The van der Waals surface area contributed by atoms with Crippen molar-refractivity contribution >= 4 is 40.1 Å². The highest BCUT2D eigenvalue weighted by Gasteiger charge is 2.15. The van der Waals surface area contributed by atoms with Crippen LogP contribution >= 0.6 is 23.4 Å². The van der Waals surface area contributed by atoms with Crippen molar-refractivity contribution < 1.29 is 0 Å². The summed E-state index contributed by atoms with van der Waals surface area (Å²) in [6.07, 6.45) is 0. The van der Waals surface area contributed by atoms with Crippen molar-refractivity contribution in [2.24, 2.45) is 0 Å². The van der Waals surface area contributed by atoms with E-state index in [1.54, 1.807) is 0 Å². The molecule has 3 aromatic heterocycles. The number of halogens is 1. The lowest BCUT2D eigenvalue weighted by molar-refractivity contribution is 0.937. The lowest BCUT2D eigenvalue weighted by atomic mass is 10.2. The van der Waals surface area contributed by atoms with Crippen molar-refractivity contribution in [3.05, 3.63) is 40.4 Å². The van der Waals surface area contributed by atoms with E-state index < -0.39 is 0 Å². The van der Waals surface area contributed by atoms with Gasteiger partial charge in [-0.05, 0) is 26.0 Å². The van der Waals surface area contributed by atoms with Crippen molar-refractivity contribution in [3.8, 4) is 6.07 Å². The molecular formula is C15H13ClN6S. The fourth-order valence-corrected chi connectivity index (χ4v) is 3.36. The minimum Gasteiger partial charge on any atom is -0.384 e. The van der Waals surface area contributed by atoms with Crippen molar-refractivity contribution in [2.75, 3.05) is 5.73 Å². The molecule has 0 spiro atoms. The summed E-state index contributed by atoms with van der Waals surface area (Å²) in [4.78, 5) is 15.9. The zero-order chi connectivity index (χ0) is 16.6. The summed E-state index contributed by atoms with van der Waals surface area (Å²) in [5, 5.41) is 10.8. The largest absolute Gasteiger partial charge is 0.384 e. The third kappa shape index (κ3) is 3.23. The smallest absolute Gasteiger partial charge is 0.191 e. The first kappa shape index (κ1) is 15.6. The van der Waals surface area contributed by atoms with E-state index in [4.69, 9.17) is 22.6 Å². The number of H-pyrrole nitrogens is 1. The summed E-state index contributed by atoms with van der Waals surface area (Å²) in [6, 6.07) is 7.42. The SMILES string of the molecule is Cc1cc2cc(C(C)Sc3nc(N)cc(C#N)n3)nc(Cl)c2[nH]1. The van der Waals surface area contributed by atoms with Crippen molar-refractivity contribution in [1.82, 2.24) is 19.9 Å². The van der Waals surface area contributed by atoms with Crippen LogP contribution in [0.2, 0.25) is 5.15 Å². The molecule has 3 N–H and O–H groups in total. The fourth-order valence-electron chi connectivity index (χ4n) is 2.24.